The lowest BCUT2D eigenvalue weighted by Gasteiger charge is -2.53. The monoisotopic (exact) mass is 591 g/mol. The zero-order chi connectivity index (χ0) is 30.2. The summed E-state index contributed by atoms with van der Waals surface area (Å²) in [5.74, 6) is 0.00482. The maximum atomic E-state index is 12.7. The highest BCUT2D eigenvalue weighted by molar-refractivity contribution is 8.31. The topological polar surface area (TPSA) is 51.2 Å². The summed E-state index contributed by atoms with van der Waals surface area (Å²) in [6.07, 6.45) is 1.98. The maximum absolute atomic E-state index is 12.7. The Morgan fingerprint density at radius 2 is 1.45 bits per heavy atom. The van der Waals surface area contributed by atoms with Gasteiger partial charge < -0.3 is 23.7 Å². The number of nitrogens with zero attached hydrogens (tertiary/aromatic N) is 1. The highest BCUT2D eigenvalue weighted by Gasteiger charge is 2.54. The van der Waals surface area contributed by atoms with Crippen molar-refractivity contribution >= 4 is 10.3 Å². The van der Waals surface area contributed by atoms with Crippen LogP contribution in [-0.4, -0.2) is 54.4 Å². The molecule has 0 amide bonds. The van der Waals surface area contributed by atoms with E-state index >= 15 is 0 Å². The molecule has 2 fully saturated rings. The maximum Gasteiger partial charge on any atom is 0.171 e. The summed E-state index contributed by atoms with van der Waals surface area (Å²) in [6.45, 7) is 13.1. The van der Waals surface area contributed by atoms with E-state index in [2.05, 4.69) is 120 Å². The molecule has 42 heavy (non-hydrogen) atoms. The minimum absolute atomic E-state index is 0.0264. The molecular formula is C36H49NO4S. The third-order valence-electron chi connectivity index (χ3n) is 8.69. The average Bonchev–Trinajstić information content (AvgIpc) is 2.95. The Hall–Kier alpha value is -2.35. The van der Waals surface area contributed by atoms with Crippen LogP contribution >= 0.6 is 10.3 Å². The molecule has 1 spiro atoms. The Morgan fingerprint density at radius 1 is 0.881 bits per heavy atom. The molecule has 0 aromatic heterocycles. The van der Waals surface area contributed by atoms with Crippen LogP contribution in [0.3, 0.4) is 0 Å². The number of benzene rings is 3. The number of hydrogen-bond donors (Lipinski definition) is 1. The van der Waals surface area contributed by atoms with E-state index in [9.17, 15) is 5.11 Å². The van der Waals surface area contributed by atoms with Gasteiger partial charge in [0.05, 0.1) is 18.8 Å². The lowest BCUT2D eigenvalue weighted by atomic mass is 9.68. The van der Waals surface area contributed by atoms with Crippen LogP contribution in [0.1, 0.15) is 59.4 Å². The molecule has 5 rings (SSSR count). The average molecular weight is 592 g/mol. The molecule has 1 N–H and O–H groups in total. The summed E-state index contributed by atoms with van der Waals surface area (Å²) >= 11 is 0. The molecule has 1 aliphatic heterocycles. The quantitative estimate of drug-likeness (QED) is 0.302. The van der Waals surface area contributed by atoms with Crippen LogP contribution in [0.2, 0.25) is 0 Å². The molecule has 1 heterocycles. The second-order valence-corrected chi connectivity index (χ2v) is 17.6. The SMILES string of the molecule is CN(C)CC1CCC2(CC1(O)c1cccc(OS(c3ccccc3)(c3ccccc3)C(C)(C)C)c1)OCC(C)(C)CO2. The van der Waals surface area contributed by atoms with Gasteiger partial charge >= 0.3 is 0 Å². The third-order valence-corrected chi connectivity index (χ3v) is 12.7. The second-order valence-electron chi connectivity index (χ2n) is 14.2. The predicted octanol–water partition coefficient (Wildman–Crippen LogP) is 8.02. The van der Waals surface area contributed by atoms with E-state index in [1.165, 1.54) is 9.79 Å². The van der Waals surface area contributed by atoms with E-state index in [-0.39, 0.29) is 16.1 Å². The van der Waals surface area contributed by atoms with Crippen molar-refractivity contribution in [2.45, 2.75) is 79.8 Å². The fraction of sp³-hybridized carbons (Fsp3) is 0.500. The predicted molar refractivity (Wildman–Crippen MR) is 172 cm³/mol. The van der Waals surface area contributed by atoms with Crippen molar-refractivity contribution in [2.24, 2.45) is 11.3 Å². The Morgan fingerprint density at radius 3 is 1.98 bits per heavy atom. The van der Waals surface area contributed by atoms with Crippen LogP contribution in [0.15, 0.2) is 94.7 Å². The highest BCUT2D eigenvalue weighted by atomic mass is 32.3. The molecule has 1 aliphatic carbocycles. The lowest BCUT2D eigenvalue weighted by molar-refractivity contribution is -0.336. The van der Waals surface area contributed by atoms with Crippen molar-refractivity contribution in [1.29, 1.82) is 0 Å². The van der Waals surface area contributed by atoms with Crippen LogP contribution in [0.25, 0.3) is 0 Å². The molecule has 2 atom stereocenters. The van der Waals surface area contributed by atoms with Gasteiger partial charge in [-0.05, 0) is 93.6 Å². The fourth-order valence-corrected chi connectivity index (χ4v) is 10.1. The molecule has 0 bridgehead atoms. The van der Waals surface area contributed by atoms with Crippen molar-refractivity contribution in [3.8, 4) is 5.75 Å². The van der Waals surface area contributed by atoms with Crippen LogP contribution in [0, 0.1) is 11.3 Å². The fourth-order valence-electron chi connectivity index (χ4n) is 6.53. The molecule has 0 radical (unpaired) electrons. The van der Waals surface area contributed by atoms with Crippen molar-refractivity contribution < 1.29 is 18.8 Å². The minimum atomic E-state index is -2.00. The standard InChI is InChI=1S/C36H49NO4S/c1-33(2,3)42(31-17-10-8-11-18-31,32-19-12-9-13-20-32)41-30-16-14-15-28(23-30)36(38)25-35(22-21-29(36)24-37(6)7)39-26-34(4,5)27-40-35/h8-20,23,29,38H,21-22,24-27H2,1-7H3. The van der Waals surface area contributed by atoms with Gasteiger partial charge in [-0.3, -0.25) is 0 Å². The Kier molecular flexibility index (Phi) is 8.60. The molecule has 5 nitrogen and oxygen atoms in total. The van der Waals surface area contributed by atoms with E-state index in [0.29, 0.717) is 19.6 Å². The van der Waals surface area contributed by atoms with Gasteiger partial charge in [-0.1, -0.05) is 62.4 Å². The largest absolute Gasteiger partial charge is 0.440 e. The van der Waals surface area contributed by atoms with Crippen LogP contribution < -0.4 is 4.18 Å². The number of hydrogen-bond acceptors (Lipinski definition) is 5. The number of ether oxygens (including phenoxy) is 2. The molecule has 228 valence electrons. The van der Waals surface area contributed by atoms with E-state index in [1.54, 1.807) is 0 Å². The molecule has 2 aliphatic rings. The van der Waals surface area contributed by atoms with Gasteiger partial charge in [0.1, 0.15) is 5.75 Å². The Labute approximate surface area is 254 Å². The Bertz CT molecular complexity index is 1290. The van der Waals surface area contributed by atoms with Crippen LogP contribution in [0.5, 0.6) is 5.75 Å². The number of aliphatic hydroxyl groups is 1. The van der Waals surface area contributed by atoms with E-state index in [4.69, 9.17) is 13.7 Å². The van der Waals surface area contributed by atoms with Crippen LogP contribution in [-0.2, 0) is 15.1 Å². The Balaban J connectivity index is 1.58. The van der Waals surface area contributed by atoms with Crippen molar-refractivity contribution in [2.75, 3.05) is 33.9 Å². The van der Waals surface area contributed by atoms with E-state index in [0.717, 1.165) is 30.7 Å². The molecule has 1 saturated heterocycles. The van der Waals surface area contributed by atoms with Crippen LogP contribution in [0.4, 0.5) is 0 Å². The van der Waals surface area contributed by atoms with Gasteiger partial charge in [-0.15, -0.1) is 0 Å². The zero-order valence-corrected chi connectivity index (χ0v) is 27.2. The molecule has 3 aromatic rings. The van der Waals surface area contributed by atoms with Crippen molar-refractivity contribution in [1.82, 2.24) is 4.90 Å². The molecular weight excluding hydrogens is 542 g/mol. The summed E-state index contributed by atoms with van der Waals surface area (Å²) in [6, 6.07) is 29.4. The first-order valence-electron chi connectivity index (χ1n) is 15.2. The second kappa shape index (κ2) is 11.6. The van der Waals surface area contributed by atoms with Gasteiger partial charge in [-0.25, -0.2) is 0 Å². The third kappa shape index (κ3) is 6.02. The number of rotatable bonds is 7. The van der Waals surface area contributed by atoms with Gasteiger partial charge in [-0.2, -0.15) is 0 Å². The van der Waals surface area contributed by atoms with Gasteiger partial charge in [0.2, 0.25) is 0 Å². The zero-order valence-electron chi connectivity index (χ0n) is 26.4. The van der Waals surface area contributed by atoms with Gasteiger partial charge in [0, 0.05) is 45.3 Å². The summed E-state index contributed by atoms with van der Waals surface area (Å²) in [5.41, 5.74) is -0.319. The molecule has 6 heteroatoms. The van der Waals surface area contributed by atoms with Gasteiger partial charge in [0.25, 0.3) is 0 Å². The van der Waals surface area contributed by atoms with Crippen molar-refractivity contribution in [3.05, 3.63) is 90.5 Å². The van der Waals surface area contributed by atoms with Crippen molar-refractivity contribution in [3.63, 3.8) is 0 Å². The summed E-state index contributed by atoms with van der Waals surface area (Å²) in [4.78, 5) is 4.50. The minimum Gasteiger partial charge on any atom is -0.440 e. The molecule has 3 aromatic carbocycles. The van der Waals surface area contributed by atoms with E-state index < -0.39 is 21.7 Å². The summed E-state index contributed by atoms with van der Waals surface area (Å²) < 4.78 is 20.0. The first-order chi connectivity index (χ1) is 19.8. The first-order valence-corrected chi connectivity index (χ1v) is 16.7. The molecule has 2 unspecified atom stereocenters. The lowest BCUT2D eigenvalue weighted by Crippen LogP contribution is -2.57. The van der Waals surface area contributed by atoms with Gasteiger partial charge in [0.15, 0.2) is 5.79 Å². The smallest absolute Gasteiger partial charge is 0.171 e. The van der Waals surface area contributed by atoms with E-state index in [1.807, 2.05) is 18.2 Å². The molecule has 1 saturated carbocycles. The summed E-state index contributed by atoms with van der Waals surface area (Å²) in [7, 11) is 2.14. The normalized spacial score (nSPS) is 24.5. The first kappa shape index (κ1) is 31.1. The highest BCUT2D eigenvalue weighted by Crippen LogP contribution is 2.70. The summed E-state index contributed by atoms with van der Waals surface area (Å²) in [5, 5.41) is 12.7.